The van der Waals surface area contributed by atoms with E-state index < -0.39 is 11.8 Å². The first kappa shape index (κ1) is 20.1. The molecule has 0 radical (unpaired) electrons. The first-order valence-corrected chi connectivity index (χ1v) is 9.51. The van der Waals surface area contributed by atoms with Crippen molar-refractivity contribution in [1.29, 1.82) is 0 Å². The number of carbonyl (C=O) groups is 2. The van der Waals surface area contributed by atoms with Gasteiger partial charge in [0.15, 0.2) is 0 Å². The number of amides is 2. The van der Waals surface area contributed by atoms with Gasteiger partial charge in [0.25, 0.3) is 0 Å². The SMILES string of the molecule is Cc1cc(/C=N\NC(=O)C(=O)NC[C@H]2CCCO2)c(C)n1-c1ccc(Cl)cc1. The van der Waals surface area contributed by atoms with Gasteiger partial charge in [-0.1, -0.05) is 11.6 Å². The lowest BCUT2D eigenvalue weighted by Crippen LogP contribution is -2.41. The fourth-order valence-electron chi connectivity index (χ4n) is 3.21. The van der Waals surface area contributed by atoms with Crippen molar-refractivity contribution in [3.63, 3.8) is 0 Å². The van der Waals surface area contributed by atoms with Crippen LogP contribution < -0.4 is 10.7 Å². The Balaban J connectivity index is 1.59. The number of hydrazone groups is 1. The van der Waals surface area contributed by atoms with Gasteiger partial charge in [0, 0.05) is 40.8 Å². The molecule has 1 aliphatic heterocycles. The molecule has 1 aromatic carbocycles. The number of rotatable bonds is 5. The number of halogens is 1. The molecule has 2 amide bonds. The van der Waals surface area contributed by atoms with Crippen LogP contribution in [-0.2, 0) is 14.3 Å². The highest BCUT2D eigenvalue weighted by Crippen LogP contribution is 2.21. The number of aromatic nitrogens is 1. The Bertz CT molecular complexity index is 884. The van der Waals surface area contributed by atoms with E-state index in [-0.39, 0.29) is 6.10 Å². The number of nitrogens with one attached hydrogen (secondary N) is 2. The second kappa shape index (κ2) is 9.03. The topological polar surface area (TPSA) is 84.7 Å². The van der Waals surface area contributed by atoms with E-state index in [0.29, 0.717) is 18.2 Å². The average molecular weight is 403 g/mol. The number of benzene rings is 1. The molecule has 2 aromatic rings. The van der Waals surface area contributed by atoms with Gasteiger partial charge in [-0.05, 0) is 57.0 Å². The highest BCUT2D eigenvalue weighted by Gasteiger charge is 2.19. The van der Waals surface area contributed by atoms with Crippen molar-refractivity contribution >= 4 is 29.6 Å². The van der Waals surface area contributed by atoms with Gasteiger partial charge in [-0.25, -0.2) is 5.43 Å². The highest BCUT2D eigenvalue weighted by molar-refractivity contribution is 6.35. The quantitative estimate of drug-likeness (QED) is 0.457. The highest BCUT2D eigenvalue weighted by atomic mass is 35.5. The van der Waals surface area contributed by atoms with Gasteiger partial charge in [-0.15, -0.1) is 0 Å². The number of hydrogen-bond acceptors (Lipinski definition) is 4. The van der Waals surface area contributed by atoms with Crippen LogP contribution in [0.25, 0.3) is 5.69 Å². The van der Waals surface area contributed by atoms with Crippen molar-refractivity contribution in [3.05, 3.63) is 52.3 Å². The van der Waals surface area contributed by atoms with Crippen molar-refractivity contribution in [3.8, 4) is 5.69 Å². The molecule has 1 aliphatic rings. The Labute approximate surface area is 168 Å². The van der Waals surface area contributed by atoms with E-state index in [9.17, 15) is 9.59 Å². The van der Waals surface area contributed by atoms with E-state index in [1.54, 1.807) is 0 Å². The maximum atomic E-state index is 11.9. The molecule has 3 rings (SSSR count). The van der Waals surface area contributed by atoms with Crippen molar-refractivity contribution in [2.75, 3.05) is 13.2 Å². The van der Waals surface area contributed by atoms with Crippen LogP contribution in [0.3, 0.4) is 0 Å². The molecule has 2 N–H and O–H groups in total. The molecule has 1 atom stereocenters. The molecule has 1 aromatic heterocycles. The average Bonchev–Trinajstić information content (AvgIpc) is 3.29. The Morgan fingerprint density at radius 3 is 2.71 bits per heavy atom. The number of carbonyl (C=O) groups excluding carboxylic acids is 2. The number of nitrogens with zero attached hydrogens (tertiary/aromatic N) is 2. The smallest absolute Gasteiger partial charge is 0.329 e. The minimum atomic E-state index is -0.805. The van der Waals surface area contributed by atoms with E-state index in [1.165, 1.54) is 6.21 Å². The number of ether oxygens (including phenoxy) is 1. The van der Waals surface area contributed by atoms with Crippen LogP contribution in [0.2, 0.25) is 5.02 Å². The molecular formula is C20H23ClN4O3. The first-order chi connectivity index (χ1) is 13.5. The van der Waals surface area contributed by atoms with Gasteiger partial charge in [0.2, 0.25) is 0 Å². The molecule has 7 nitrogen and oxygen atoms in total. The maximum absolute atomic E-state index is 11.9. The number of aryl methyl sites for hydroxylation is 1. The zero-order valence-corrected chi connectivity index (χ0v) is 16.6. The lowest BCUT2D eigenvalue weighted by atomic mass is 10.2. The lowest BCUT2D eigenvalue weighted by molar-refractivity contribution is -0.139. The van der Waals surface area contributed by atoms with Crippen LogP contribution in [-0.4, -0.2) is 41.9 Å². The Hall–Kier alpha value is -2.64. The summed E-state index contributed by atoms with van der Waals surface area (Å²) in [6.45, 7) is 4.97. The van der Waals surface area contributed by atoms with E-state index in [0.717, 1.165) is 35.5 Å². The normalized spacial score (nSPS) is 16.5. The summed E-state index contributed by atoms with van der Waals surface area (Å²) < 4.78 is 7.47. The third-order valence-electron chi connectivity index (χ3n) is 4.65. The summed E-state index contributed by atoms with van der Waals surface area (Å²) in [6.07, 6.45) is 3.38. The second-order valence-corrected chi connectivity index (χ2v) is 7.12. The molecule has 0 aliphatic carbocycles. The van der Waals surface area contributed by atoms with Crippen molar-refractivity contribution < 1.29 is 14.3 Å². The fourth-order valence-corrected chi connectivity index (χ4v) is 3.34. The summed E-state index contributed by atoms with van der Waals surface area (Å²) >= 11 is 5.96. The first-order valence-electron chi connectivity index (χ1n) is 9.13. The fraction of sp³-hybridized carbons (Fsp3) is 0.350. The third-order valence-corrected chi connectivity index (χ3v) is 4.90. The van der Waals surface area contributed by atoms with Crippen molar-refractivity contribution in [1.82, 2.24) is 15.3 Å². The minimum absolute atomic E-state index is 0.0153. The summed E-state index contributed by atoms with van der Waals surface area (Å²) in [5.74, 6) is -1.53. The molecule has 8 heteroatoms. The van der Waals surface area contributed by atoms with Crippen LogP contribution in [0.5, 0.6) is 0 Å². The van der Waals surface area contributed by atoms with Gasteiger partial charge >= 0.3 is 11.8 Å². The van der Waals surface area contributed by atoms with E-state index in [4.69, 9.17) is 16.3 Å². The van der Waals surface area contributed by atoms with Crippen LogP contribution in [0.4, 0.5) is 0 Å². The standard InChI is InChI=1S/C20H23ClN4O3/c1-13-10-15(14(2)25(13)17-7-5-16(21)6-8-17)11-23-24-20(27)19(26)22-12-18-4-3-9-28-18/h5-8,10-11,18H,3-4,9,12H2,1-2H3,(H,22,26)(H,24,27)/b23-11-/t18-/m1/s1. The Kier molecular flexibility index (Phi) is 6.49. The zero-order valence-electron chi connectivity index (χ0n) is 15.9. The van der Waals surface area contributed by atoms with Gasteiger partial charge in [-0.3, -0.25) is 9.59 Å². The summed E-state index contributed by atoms with van der Waals surface area (Å²) in [5, 5.41) is 7.15. The van der Waals surface area contributed by atoms with E-state index >= 15 is 0 Å². The van der Waals surface area contributed by atoms with Crippen LogP contribution in [0, 0.1) is 13.8 Å². The largest absolute Gasteiger partial charge is 0.376 e. The third kappa shape index (κ3) is 4.79. The van der Waals surface area contributed by atoms with Gasteiger partial charge < -0.3 is 14.6 Å². The summed E-state index contributed by atoms with van der Waals surface area (Å²) in [7, 11) is 0. The molecule has 1 fully saturated rings. The van der Waals surface area contributed by atoms with Crippen LogP contribution in [0.1, 0.15) is 29.8 Å². The van der Waals surface area contributed by atoms with Gasteiger partial charge in [0.05, 0.1) is 12.3 Å². The minimum Gasteiger partial charge on any atom is -0.376 e. The molecule has 0 unspecified atom stereocenters. The zero-order chi connectivity index (χ0) is 20.1. The second-order valence-electron chi connectivity index (χ2n) is 6.68. The van der Waals surface area contributed by atoms with Gasteiger partial charge in [-0.2, -0.15) is 5.10 Å². The molecule has 0 saturated carbocycles. The van der Waals surface area contributed by atoms with Crippen LogP contribution in [0.15, 0.2) is 35.4 Å². The number of hydrogen-bond donors (Lipinski definition) is 2. The molecule has 1 saturated heterocycles. The molecule has 148 valence electrons. The predicted molar refractivity (Wildman–Crippen MR) is 108 cm³/mol. The van der Waals surface area contributed by atoms with Crippen molar-refractivity contribution in [2.45, 2.75) is 32.8 Å². The van der Waals surface area contributed by atoms with Crippen LogP contribution >= 0.6 is 11.6 Å². The predicted octanol–water partition coefficient (Wildman–Crippen LogP) is 2.49. The van der Waals surface area contributed by atoms with E-state index in [1.807, 2.05) is 44.2 Å². The van der Waals surface area contributed by atoms with E-state index in [2.05, 4.69) is 20.4 Å². The Morgan fingerprint density at radius 2 is 2.04 bits per heavy atom. The lowest BCUT2D eigenvalue weighted by Gasteiger charge is -2.10. The van der Waals surface area contributed by atoms with Gasteiger partial charge in [0.1, 0.15) is 0 Å². The molecule has 2 heterocycles. The molecule has 0 spiro atoms. The molecule has 28 heavy (non-hydrogen) atoms. The molecular weight excluding hydrogens is 380 g/mol. The van der Waals surface area contributed by atoms with Crippen molar-refractivity contribution in [2.24, 2.45) is 5.10 Å². The summed E-state index contributed by atoms with van der Waals surface area (Å²) in [5.41, 5.74) is 6.06. The summed E-state index contributed by atoms with van der Waals surface area (Å²) in [6, 6.07) is 9.49. The Morgan fingerprint density at radius 1 is 1.29 bits per heavy atom. The monoisotopic (exact) mass is 402 g/mol. The molecule has 0 bridgehead atoms. The maximum Gasteiger partial charge on any atom is 0.329 e. The summed E-state index contributed by atoms with van der Waals surface area (Å²) in [4.78, 5) is 23.7.